The Bertz CT molecular complexity index is 1590. The average molecular weight is 552 g/mol. The van der Waals surface area contributed by atoms with E-state index in [0.717, 1.165) is 51.5 Å². The minimum Gasteiger partial charge on any atom is -0.491 e. The average Bonchev–Trinajstić information content (AvgIpc) is 2.96. The van der Waals surface area contributed by atoms with Crippen LogP contribution in [0.5, 0.6) is 5.75 Å². The molecule has 41 heavy (non-hydrogen) atoms. The maximum absolute atomic E-state index is 13.9. The number of rotatable bonds is 10. The van der Waals surface area contributed by atoms with Crippen LogP contribution in [0.2, 0.25) is 0 Å². The highest BCUT2D eigenvalue weighted by molar-refractivity contribution is 5.86. The highest BCUT2D eigenvalue weighted by Crippen LogP contribution is 2.28. The predicted molar refractivity (Wildman–Crippen MR) is 164 cm³/mol. The molecule has 1 heterocycles. The van der Waals surface area contributed by atoms with E-state index in [-0.39, 0.29) is 11.7 Å². The summed E-state index contributed by atoms with van der Waals surface area (Å²) in [5.41, 5.74) is 6.20. The molecule has 0 atom stereocenters. The van der Waals surface area contributed by atoms with Crippen molar-refractivity contribution in [3.63, 3.8) is 0 Å². The van der Waals surface area contributed by atoms with Crippen LogP contribution in [-0.2, 0) is 17.7 Å². The lowest BCUT2D eigenvalue weighted by atomic mass is 9.97. The molecule has 0 saturated heterocycles. The van der Waals surface area contributed by atoms with Gasteiger partial charge >= 0.3 is 6.09 Å². The number of aryl methyl sites for hydroxylation is 2. The second-order valence-corrected chi connectivity index (χ2v) is 10.2. The Morgan fingerprint density at radius 3 is 2.29 bits per heavy atom. The number of hydrogen-bond acceptors (Lipinski definition) is 5. The zero-order valence-corrected chi connectivity index (χ0v) is 24.4. The smallest absolute Gasteiger partial charge is 0.411 e. The summed E-state index contributed by atoms with van der Waals surface area (Å²) < 4.78 is 12.3. The molecule has 0 saturated carbocycles. The SMILES string of the molecule is C=C(NC(=O)OC)c1ccccc1-c1ccc(Cn2c(CCC)nc(C)c(-c3ccc(OC(C)C)cc3)c2=O)cc1. The molecule has 1 aromatic heterocycles. The number of nitrogens with zero attached hydrogens (tertiary/aromatic N) is 2. The fraction of sp³-hybridized carbons (Fsp3) is 0.265. The fourth-order valence-electron chi connectivity index (χ4n) is 4.81. The largest absolute Gasteiger partial charge is 0.491 e. The van der Waals surface area contributed by atoms with Gasteiger partial charge in [-0.25, -0.2) is 9.78 Å². The molecule has 0 aliphatic heterocycles. The summed E-state index contributed by atoms with van der Waals surface area (Å²) in [4.78, 5) is 30.5. The Morgan fingerprint density at radius 1 is 1.00 bits per heavy atom. The number of carbonyl (C=O) groups excluding carboxylic acids is 1. The predicted octanol–water partition coefficient (Wildman–Crippen LogP) is 7.00. The zero-order valence-electron chi connectivity index (χ0n) is 24.4. The molecule has 0 radical (unpaired) electrons. The molecule has 3 aromatic carbocycles. The number of methoxy groups -OCH3 is 1. The summed E-state index contributed by atoms with van der Waals surface area (Å²) in [6.45, 7) is 12.4. The number of alkyl carbamates (subject to hydrolysis) is 1. The van der Waals surface area contributed by atoms with Crippen LogP contribution in [0.1, 0.15) is 49.8 Å². The van der Waals surface area contributed by atoms with Crippen LogP contribution in [0.15, 0.2) is 84.2 Å². The van der Waals surface area contributed by atoms with Gasteiger partial charge in [-0.15, -0.1) is 0 Å². The van der Waals surface area contributed by atoms with Crippen LogP contribution in [0, 0.1) is 6.92 Å². The standard InChI is InChI=1S/C34H37N3O4/c1-7-10-31-35-24(5)32(27-17-19-28(20-18-27)41-22(2)3)33(38)37(31)21-25-13-15-26(16-14-25)30-12-9-8-11-29(30)23(4)36-34(39)40-6/h8-9,11-20,22H,4,7,10,21H2,1-3,5-6H3,(H,36,39). The van der Waals surface area contributed by atoms with Crippen molar-refractivity contribution in [3.8, 4) is 28.0 Å². The first-order valence-electron chi connectivity index (χ1n) is 13.8. The van der Waals surface area contributed by atoms with Gasteiger partial charge in [-0.2, -0.15) is 0 Å². The quantitative estimate of drug-likeness (QED) is 0.229. The number of carbonyl (C=O) groups is 1. The molecule has 4 aromatic rings. The van der Waals surface area contributed by atoms with Crippen LogP contribution < -0.4 is 15.6 Å². The Balaban J connectivity index is 1.66. The van der Waals surface area contributed by atoms with Gasteiger partial charge in [0.15, 0.2) is 0 Å². The van der Waals surface area contributed by atoms with Crippen LogP contribution >= 0.6 is 0 Å². The summed E-state index contributed by atoms with van der Waals surface area (Å²) >= 11 is 0. The van der Waals surface area contributed by atoms with Gasteiger partial charge < -0.3 is 9.47 Å². The lowest BCUT2D eigenvalue weighted by molar-refractivity contribution is 0.176. The third-order valence-electron chi connectivity index (χ3n) is 6.71. The van der Waals surface area contributed by atoms with Crippen LogP contribution in [0.4, 0.5) is 4.79 Å². The van der Waals surface area contributed by atoms with Gasteiger partial charge in [0.2, 0.25) is 0 Å². The van der Waals surface area contributed by atoms with Crippen molar-refractivity contribution < 1.29 is 14.3 Å². The Labute approximate surface area is 241 Å². The Morgan fingerprint density at radius 2 is 1.66 bits per heavy atom. The molecular weight excluding hydrogens is 514 g/mol. The number of aromatic nitrogens is 2. The van der Waals surface area contributed by atoms with Crippen molar-refractivity contribution in [1.82, 2.24) is 14.9 Å². The van der Waals surface area contributed by atoms with Crippen molar-refractivity contribution >= 4 is 11.8 Å². The molecule has 0 aliphatic rings. The molecule has 0 aliphatic carbocycles. The van der Waals surface area contributed by atoms with Gasteiger partial charge in [-0.1, -0.05) is 74.2 Å². The van der Waals surface area contributed by atoms with Gasteiger partial charge in [0.1, 0.15) is 11.6 Å². The van der Waals surface area contributed by atoms with Gasteiger partial charge in [0.25, 0.3) is 5.56 Å². The third kappa shape index (κ3) is 6.92. The number of benzene rings is 3. The van der Waals surface area contributed by atoms with E-state index in [4.69, 9.17) is 14.5 Å². The van der Waals surface area contributed by atoms with E-state index in [1.165, 1.54) is 7.11 Å². The van der Waals surface area contributed by atoms with E-state index in [1.54, 1.807) is 4.57 Å². The zero-order chi connectivity index (χ0) is 29.5. The van der Waals surface area contributed by atoms with Gasteiger partial charge in [-0.3, -0.25) is 14.7 Å². The molecule has 1 N–H and O–H groups in total. The number of amides is 1. The van der Waals surface area contributed by atoms with Crippen molar-refractivity contribution in [3.05, 3.63) is 112 Å². The van der Waals surface area contributed by atoms with Gasteiger partial charge in [-0.05, 0) is 61.6 Å². The van der Waals surface area contributed by atoms with Crippen molar-refractivity contribution in [2.45, 2.75) is 53.2 Å². The molecule has 1 amide bonds. The molecule has 0 spiro atoms. The van der Waals surface area contributed by atoms with E-state index in [0.29, 0.717) is 24.2 Å². The number of hydrogen-bond donors (Lipinski definition) is 1. The molecule has 212 valence electrons. The molecule has 0 unspecified atom stereocenters. The minimum absolute atomic E-state index is 0.0573. The lowest BCUT2D eigenvalue weighted by Gasteiger charge is -2.17. The maximum Gasteiger partial charge on any atom is 0.411 e. The van der Waals surface area contributed by atoms with E-state index in [1.807, 2.05) is 93.6 Å². The molecule has 0 bridgehead atoms. The summed E-state index contributed by atoms with van der Waals surface area (Å²) in [7, 11) is 1.32. The molecule has 4 rings (SSSR count). The van der Waals surface area contributed by atoms with Crippen molar-refractivity contribution in [2.24, 2.45) is 0 Å². The minimum atomic E-state index is -0.570. The fourth-order valence-corrected chi connectivity index (χ4v) is 4.81. The Hall–Kier alpha value is -4.65. The number of nitrogens with one attached hydrogen (secondary N) is 1. The number of ether oxygens (including phenoxy) is 2. The third-order valence-corrected chi connectivity index (χ3v) is 6.71. The van der Waals surface area contributed by atoms with E-state index in [9.17, 15) is 9.59 Å². The maximum atomic E-state index is 13.9. The normalized spacial score (nSPS) is 10.9. The molecular formula is C34H37N3O4. The van der Waals surface area contributed by atoms with Gasteiger partial charge in [0.05, 0.1) is 31.0 Å². The summed E-state index contributed by atoms with van der Waals surface area (Å²) in [5, 5.41) is 2.65. The highest BCUT2D eigenvalue weighted by Gasteiger charge is 2.17. The van der Waals surface area contributed by atoms with E-state index >= 15 is 0 Å². The van der Waals surface area contributed by atoms with Crippen LogP contribution in [0.3, 0.4) is 0 Å². The van der Waals surface area contributed by atoms with Crippen molar-refractivity contribution in [1.29, 1.82) is 0 Å². The summed E-state index contributed by atoms with van der Waals surface area (Å²) in [6.07, 6.45) is 1.09. The van der Waals surface area contributed by atoms with E-state index < -0.39 is 6.09 Å². The van der Waals surface area contributed by atoms with E-state index in [2.05, 4.69) is 18.8 Å². The second kappa shape index (κ2) is 13.1. The van der Waals surface area contributed by atoms with Crippen LogP contribution in [-0.4, -0.2) is 28.9 Å². The highest BCUT2D eigenvalue weighted by atomic mass is 16.5. The summed E-state index contributed by atoms with van der Waals surface area (Å²) in [6, 6.07) is 23.4. The van der Waals surface area contributed by atoms with Gasteiger partial charge in [0, 0.05) is 17.7 Å². The molecule has 0 fully saturated rings. The first-order valence-corrected chi connectivity index (χ1v) is 13.8. The Kier molecular flexibility index (Phi) is 9.40. The van der Waals surface area contributed by atoms with Crippen LogP contribution in [0.25, 0.3) is 28.0 Å². The topological polar surface area (TPSA) is 82.4 Å². The second-order valence-electron chi connectivity index (χ2n) is 10.2. The first kappa shape index (κ1) is 29.3. The van der Waals surface area contributed by atoms with Crippen molar-refractivity contribution in [2.75, 3.05) is 7.11 Å². The lowest BCUT2D eigenvalue weighted by Crippen LogP contribution is -2.28. The molecule has 7 heteroatoms. The first-order chi connectivity index (χ1) is 19.7. The summed E-state index contributed by atoms with van der Waals surface area (Å²) in [5.74, 6) is 1.54. The molecule has 7 nitrogen and oxygen atoms in total. The monoisotopic (exact) mass is 551 g/mol.